The third kappa shape index (κ3) is 3.62. The average molecular weight is 460 g/mol. The molecule has 0 spiro atoms. The van der Waals surface area contributed by atoms with Gasteiger partial charge in [0.15, 0.2) is 5.84 Å². The molecule has 0 atom stereocenters. The van der Waals surface area contributed by atoms with Crippen LogP contribution in [-0.4, -0.2) is 31.5 Å². The number of halogens is 2. The number of rotatable bonds is 4. The third-order valence-electron chi connectivity index (χ3n) is 4.89. The molecule has 0 unspecified atom stereocenters. The molecule has 9 heteroatoms. The minimum Gasteiger partial charge on any atom is -0.318 e. The predicted octanol–water partition coefficient (Wildman–Crippen LogP) is 5.82. The number of benzene rings is 1. The molecule has 4 rings (SSSR count). The first kappa shape index (κ1) is 20.9. The van der Waals surface area contributed by atoms with Gasteiger partial charge in [0.05, 0.1) is 15.6 Å². The van der Waals surface area contributed by atoms with E-state index in [1.54, 1.807) is 18.2 Å². The van der Waals surface area contributed by atoms with Crippen molar-refractivity contribution in [3.05, 3.63) is 56.8 Å². The van der Waals surface area contributed by atoms with Crippen LogP contribution >= 0.6 is 35.0 Å². The zero-order valence-corrected chi connectivity index (χ0v) is 19.0. The number of aliphatic imine (C=N–C) groups is 1. The van der Waals surface area contributed by atoms with Crippen LogP contribution in [0.4, 0.5) is 0 Å². The van der Waals surface area contributed by atoms with Gasteiger partial charge in [-0.25, -0.2) is 0 Å². The molecule has 0 radical (unpaired) electrons. The molecule has 1 N–H and O–H groups in total. The van der Waals surface area contributed by atoms with Gasteiger partial charge in [0, 0.05) is 17.1 Å². The largest absolute Gasteiger partial charge is 0.318 e. The van der Waals surface area contributed by atoms with Crippen LogP contribution in [-0.2, 0) is 4.79 Å². The highest BCUT2D eigenvalue weighted by molar-refractivity contribution is 8.26. The molecule has 0 bridgehead atoms. The van der Waals surface area contributed by atoms with Crippen LogP contribution in [0.3, 0.4) is 0 Å². The van der Waals surface area contributed by atoms with E-state index in [0.29, 0.717) is 15.2 Å². The lowest BCUT2D eigenvalue weighted by atomic mass is 10.1. The number of carbonyl (C=O) groups excluding carboxylic acids is 1. The van der Waals surface area contributed by atoms with Crippen molar-refractivity contribution in [3.8, 4) is 5.69 Å². The topological polar surface area (TPSA) is 73.8 Å². The van der Waals surface area contributed by atoms with Crippen LogP contribution in [0.25, 0.3) is 11.8 Å². The quantitative estimate of drug-likeness (QED) is 0.585. The van der Waals surface area contributed by atoms with Gasteiger partial charge < -0.3 is 4.57 Å². The highest BCUT2D eigenvalue weighted by atomic mass is 35.5. The molecular formula is C21H19Cl2N5OS. The molecule has 0 fully saturated rings. The molecule has 1 aromatic heterocycles. The Labute approximate surface area is 188 Å². The maximum absolute atomic E-state index is 12.6. The second kappa shape index (κ2) is 8.06. The fourth-order valence-corrected chi connectivity index (χ4v) is 4.74. The van der Waals surface area contributed by atoms with Crippen LogP contribution in [0.5, 0.6) is 0 Å². The molecule has 0 aliphatic carbocycles. The normalized spacial score (nSPS) is 17.5. The van der Waals surface area contributed by atoms with Crippen LogP contribution in [0.15, 0.2) is 39.9 Å². The summed E-state index contributed by atoms with van der Waals surface area (Å²) in [6.07, 6.45) is 3.45. The van der Waals surface area contributed by atoms with E-state index in [0.717, 1.165) is 40.5 Å². The van der Waals surface area contributed by atoms with Crippen LogP contribution < -0.4 is 0 Å². The second-order valence-electron chi connectivity index (χ2n) is 7.02. The van der Waals surface area contributed by atoms with E-state index < -0.39 is 5.91 Å². The Hall–Kier alpha value is -2.35. The lowest BCUT2D eigenvalue weighted by Crippen LogP contribution is -2.35. The fraction of sp³-hybridized carbons (Fsp3) is 0.238. The zero-order valence-electron chi connectivity index (χ0n) is 16.7. The summed E-state index contributed by atoms with van der Waals surface area (Å²) in [5.74, 6) is -0.381. The summed E-state index contributed by atoms with van der Waals surface area (Å²) >= 11 is 13.6. The van der Waals surface area contributed by atoms with Crippen molar-refractivity contribution in [2.24, 2.45) is 10.1 Å². The lowest BCUT2D eigenvalue weighted by Gasteiger charge is -2.20. The molecule has 6 nitrogen and oxygen atoms in total. The lowest BCUT2D eigenvalue weighted by molar-refractivity contribution is -0.114. The molecular weight excluding hydrogens is 441 g/mol. The Balaban J connectivity index is 1.73. The molecule has 0 saturated carbocycles. The van der Waals surface area contributed by atoms with Gasteiger partial charge >= 0.3 is 0 Å². The standard InChI is InChI=1S/C21H19Cl2N5OS/c1-4-5-18-26-28-19(24)15(20(29)25-21(28)30-18)9-13-8-11(2)27(12(13)3)14-6-7-16(22)17(23)10-14/h6-10,24H,4-5H2,1-3H3. The van der Waals surface area contributed by atoms with Crippen molar-refractivity contribution in [1.29, 1.82) is 5.41 Å². The number of amidine groups is 2. The second-order valence-corrected chi connectivity index (χ2v) is 8.88. The molecule has 1 amide bonds. The van der Waals surface area contributed by atoms with Gasteiger partial charge in [-0.15, -0.1) is 0 Å². The van der Waals surface area contributed by atoms with Crippen LogP contribution in [0.1, 0.15) is 36.7 Å². The summed E-state index contributed by atoms with van der Waals surface area (Å²) in [6, 6.07) is 7.41. The third-order valence-corrected chi connectivity index (χ3v) is 6.60. The minimum atomic E-state index is -0.425. The van der Waals surface area contributed by atoms with Crippen molar-refractivity contribution in [2.45, 2.75) is 33.6 Å². The molecule has 0 saturated heterocycles. The summed E-state index contributed by atoms with van der Waals surface area (Å²) in [6.45, 7) is 5.99. The van der Waals surface area contributed by atoms with Crippen LogP contribution in [0.2, 0.25) is 10.0 Å². The van der Waals surface area contributed by atoms with Crippen molar-refractivity contribution in [2.75, 3.05) is 0 Å². The molecule has 154 valence electrons. The average Bonchev–Trinajstić information content (AvgIpc) is 3.21. The van der Waals surface area contributed by atoms with E-state index in [4.69, 9.17) is 28.6 Å². The number of fused-ring (bicyclic) bond motifs is 1. The molecule has 1 aromatic carbocycles. The van der Waals surface area contributed by atoms with Crippen molar-refractivity contribution >= 4 is 63.0 Å². The van der Waals surface area contributed by atoms with Gasteiger partial charge in [0.2, 0.25) is 5.17 Å². The zero-order chi connectivity index (χ0) is 21.6. The molecule has 30 heavy (non-hydrogen) atoms. The number of amides is 1. The first-order chi connectivity index (χ1) is 14.3. The summed E-state index contributed by atoms with van der Waals surface area (Å²) in [5, 5.41) is 16.7. The summed E-state index contributed by atoms with van der Waals surface area (Å²) in [4.78, 5) is 16.8. The maximum atomic E-state index is 12.6. The van der Waals surface area contributed by atoms with Gasteiger partial charge in [-0.05, 0) is 74.4 Å². The van der Waals surface area contributed by atoms with Crippen LogP contribution in [0, 0.1) is 19.3 Å². The van der Waals surface area contributed by atoms with Gasteiger partial charge in [-0.3, -0.25) is 10.2 Å². The fourth-order valence-electron chi connectivity index (χ4n) is 3.46. The smallest absolute Gasteiger partial charge is 0.283 e. The Morgan fingerprint density at radius 1 is 1.20 bits per heavy atom. The molecule has 2 aliphatic rings. The summed E-state index contributed by atoms with van der Waals surface area (Å²) < 4.78 is 2.03. The summed E-state index contributed by atoms with van der Waals surface area (Å²) in [7, 11) is 0. The van der Waals surface area contributed by atoms with E-state index in [1.807, 2.05) is 30.5 Å². The Morgan fingerprint density at radius 2 is 1.97 bits per heavy atom. The van der Waals surface area contributed by atoms with E-state index in [9.17, 15) is 4.79 Å². The predicted molar refractivity (Wildman–Crippen MR) is 125 cm³/mol. The van der Waals surface area contributed by atoms with E-state index in [1.165, 1.54) is 16.8 Å². The number of carbonyl (C=O) groups is 1. The number of nitrogens with one attached hydrogen (secondary N) is 1. The highest BCUT2D eigenvalue weighted by Crippen LogP contribution is 2.32. The van der Waals surface area contributed by atoms with Crippen molar-refractivity contribution in [1.82, 2.24) is 9.58 Å². The molecule has 2 aliphatic heterocycles. The number of nitrogens with zero attached hydrogens (tertiary/aromatic N) is 4. The monoisotopic (exact) mass is 459 g/mol. The number of thioether (sulfide) groups is 1. The SMILES string of the molecule is CCCC1=NN2C(=N)C(=Cc3cc(C)n(-c4ccc(Cl)c(Cl)c4)c3C)C(=O)N=C2S1. The Bertz CT molecular complexity index is 1180. The van der Waals surface area contributed by atoms with E-state index in [2.05, 4.69) is 17.0 Å². The molecule has 2 aromatic rings. The van der Waals surface area contributed by atoms with Crippen molar-refractivity contribution < 1.29 is 4.79 Å². The first-order valence-electron chi connectivity index (χ1n) is 9.43. The van der Waals surface area contributed by atoms with E-state index in [-0.39, 0.29) is 11.4 Å². The van der Waals surface area contributed by atoms with Gasteiger partial charge in [-0.2, -0.15) is 15.1 Å². The van der Waals surface area contributed by atoms with E-state index >= 15 is 0 Å². The van der Waals surface area contributed by atoms with Gasteiger partial charge in [0.1, 0.15) is 5.04 Å². The Kier molecular flexibility index (Phi) is 5.61. The number of aryl methyl sites for hydroxylation is 1. The number of hydrogen-bond acceptors (Lipinski definition) is 4. The summed E-state index contributed by atoms with van der Waals surface area (Å²) in [5.41, 5.74) is 3.81. The number of aromatic nitrogens is 1. The maximum Gasteiger partial charge on any atom is 0.283 e. The number of hydrazone groups is 1. The van der Waals surface area contributed by atoms with Gasteiger partial charge in [0.25, 0.3) is 5.91 Å². The first-order valence-corrected chi connectivity index (χ1v) is 11.0. The highest BCUT2D eigenvalue weighted by Gasteiger charge is 2.35. The molecule has 3 heterocycles. The minimum absolute atomic E-state index is 0.0444. The van der Waals surface area contributed by atoms with Crippen molar-refractivity contribution in [3.63, 3.8) is 0 Å². The van der Waals surface area contributed by atoms with Gasteiger partial charge in [-0.1, -0.05) is 30.1 Å². The Morgan fingerprint density at radius 3 is 2.67 bits per heavy atom. The number of hydrogen-bond donors (Lipinski definition) is 1.